The highest BCUT2D eigenvalue weighted by molar-refractivity contribution is 5.92. The van der Waals surface area contributed by atoms with E-state index in [4.69, 9.17) is 0 Å². The molecule has 140 valence electrons. The van der Waals surface area contributed by atoms with Crippen molar-refractivity contribution in [3.8, 4) is 0 Å². The molecule has 1 amide bonds. The van der Waals surface area contributed by atoms with Gasteiger partial charge in [0.1, 0.15) is 23.7 Å². The van der Waals surface area contributed by atoms with Gasteiger partial charge in [-0.2, -0.15) is 0 Å². The molecule has 8 nitrogen and oxygen atoms in total. The number of piperidine rings is 1. The monoisotopic (exact) mass is 358 g/mol. The first-order chi connectivity index (χ1) is 12.4. The van der Waals surface area contributed by atoms with Crippen molar-refractivity contribution < 1.29 is 9.90 Å². The van der Waals surface area contributed by atoms with Crippen molar-refractivity contribution in [1.82, 2.24) is 19.4 Å². The van der Waals surface area contributed by atoms with Crippen LogP contribution < -0.4 is 10.2 Å². The fourth-order valence-corrected chi connectivity index (χ4v) is 3.49. The van der Waals surface area contributed by atoms with E-state index in [1.165, 1.54) is 6.33 Å². The summed E-state index contributed by atoms with van der Waals surface area (Å²) in [6.07, 6.45) is 4.84. The molecule has 0 radical (unpaired) electrons. The van der Waals surface area contributed by atoms with Crippen molar-refractivity contribution in [2.24, 2.45) is 7.05 Å². The summed E-state index contributed by atoms with van der Waals surface area (Å²) in [5.74, 6) is 1.42. The van der Waals surface area contributed by atoms with Crippen LogP contribution >= 0.6 is 0 Å². The second-order valence-corrected chi connectivity index (χ2v) is 6.93. The van der Waals surface area contributed by atoms with E-state index < -0.39 is 5.60 Å². The molecule has 3 heterocycles. The molecule has 8 heteroatoms. The second-order valence-electron chi connectivity index (χ2n) is 6.93. The van der Waals surface area contributed by atoms with Gasteiger partial charge in [-0.3, -0.25) is 4.79 Å². The van der Waals surface area contributed by atoms with Gasteiger partial charge in [0.15, 0.2) is 0 Å². The Morgan fingerprint density at radius 3 is 2.96 bits per heavy atom. The number of hydrogen-bond acceptors (Lipinski definition) is 6. The Morgan fingerprint density at radius 2 is 2.27 bits per heavy atom. The van der Waals surface area contributed by atoms with Crippen LogP contribution in [0.25, 0.3) is 0 Å². The first kappa shape index (κ1) is 18.2. The third kappa shape index (κ3) is 3.80. The average molecular weight is 358 g/mol. The van der Waals surface area contributed by atoms with E-state index in [1.807, 2.05) is 37.3 Å². The summed E-state index contributed by atoms with van der Waals surface area (Å²) in [6.45, 7) is 1.52. The van der Waals surface area contributed by atoms with Gasteiger partial charge >= 0.3 is 0 Å². The lowest BCUT2D eigenvalue weighted by Gasteiger charge is -2.41. The molecule has 0 unspecified atom stereocenters. The number of carbonyl (C=O) groups excluding carboxylic acids is 1. The number of anilines is 2. The minimum absolute atomic E-state index is 0.0949. The molecule has 2 aromatic rings. The molecule has 1 saturated heterocycles. The van der Waals surface area contributed by atoms with E-state index in [9.17, 15) is 9.90 Å². The number of carbonyl (C=O) groups is 1. The summed E-state index contributed by atoms with van der Waals surface area (Å²) < 4.78 is 1.79. The Morgan fingerprint density at radius 1 is 1.46 bits per heavy atom. The Bertz CT molecular complexity index is 777. The first-order valence-electron chi connectivity index (χ1n) is 8.76. The number of nitrogens with zero attached hydrogens (tertiary/aromatic N) is 5. The van der Waals surface area contributed by atoms with Crippen molar-refractivity contribution >= 4 is 17.5 Å². The molecule has 0 saturated carbocycles. The number of aryl methyl sites for hydroxylation is 1. The molecule has 0 bridgehead atoms. The second kappa shape index (κ2) is 7.33. The topological polar surface area (TPSA) is 86.5 Å². The van der Waals surface area contributed by atoms with Crippen LogP contribution in [0.5, 0.6) is 0 Å². The van der Waals surface area contributed by atoms with E-state index in [-0.39, 0.29) is 12.5 Å². The summed E-state index contributed by atoms with van der Waals surface area (Å²) in [5, 5.41) is 14.1. The zero-order valence-electron chi connectivity index (χ0n) is 15.5. The molecule has 1 aliphatic rings. The lowest BCUT2D eigenvalue weighted by atomic mass is 9.92. The maximum atomic E-state index is 12.6. The predicted octanol–water partition coefficient (Wildman–Crippen LogP) is 0.960. The predicted molar refractivity (Wildman–Crippen MR) is 100 cm³/mol. The minimum atomic E-state index is -0.974. The van der Waals surface area contributed by atoms with Gasteiger partial charge in [-0.25, -0.2) is 9.97 Å². The number of aliphatic hydroxyl groups is 1. The van der Waals surface area contributed by atoms with Crippen molar-refractivity contribution in [2.75, 3.05) is 43.9 Å². The Labute approximate surface area is 153 Å². The van der Waals surface area contributed by atoms with Crippen molar-refractivity contribution in [3.63, 3.8) is 0 Å². The summed E-state index contributed by atoms with van der Waals surface area (Å²) in [4.78, 5) is 24.7. The Hall–Kier alpha value is -2.61. The van der Waals surface area contributed by atoms with Crippen LogP contribution in [0.15, 0.2) is 30.7 Å². The van der Waals surface area contributed by atoms with Crippen LogP contribution in [0.1, 0.15) is 23.3 Å². The van der Waals surface area contributed by atoms with Crippen LogP contribution in [0.3, 0.4) is 0 Å². The maximum absolute atomic E-state index is 12.6. The number of amides is 1. The van der Waals surface area contributed by atoms with Crippen molar-refractivity contribution in [2.45, 2.75) is 18.4 Å². The molecule has 2 N–H and O–H groups in total. The first-order valence-corrected chi connectivity index (χ1v) is 8.76. The highest BCUT2D eigenvalue weighted by Gasteiger charge is 2.36. The number of hydrogen-bond donors (Lipinski definition) is 2. The smallest absolute Gasteiger partial charge is 0.270 e. The highest BCUT2D eigenvalue weighted by atomic mass is 16.3. The lowest BCUT2D eigenvalue weighted by Crippen LogP contribution is -2.55. The van der Waals surface area contributed by atoms with Crippen molar-refractivity contribution in [3.05, 3.63) is 36.4 Å². The molecule has 3 rings (SSSR count). The zero-order chi connectivity index (χ0) is 18.7. The van der Waals surface area contributed by atoms with Crippen LogP contribution in [0.4, 0.5) is 11.6 Å². The normalized spacial score (nSPS) is 20.1. The molecule has 1 fully saturated rings. The van der Waals surface area contributed by atoms with Gasteiger partial charge in [-0.05, 0) is 25.0 Å². The number of β-amino-alcohol motifs (C(OH)–C–C–N with tert-alkyl or cyclic N) is 1. The molecular formula is C18H26N6O2. The third-order valence-electron chi connectivity index (χ3n) is 4.83. The summed E-state index contributed by atoms with van der Waals surface area (Å²) in [5.41, 5.74) is -0.364. The average Bonchev–Trinajstić information content (AvgIpc) is 3.06. The molecule has 0 aliphatic carbocycles. The standard InChI is InChI=1S/C18H26N6O2/c1-19-15-10-16(21-13-20-15)24-9-5-7-18(26,12-24)11-23(3)17(25)14-6-4-8-22(14)2/h4,6,8,10,13,26H,5,7,9,11-12H2,1-3H3,(H,19,20,21)/t18-/m1/s1. The van der Waals surface area contributed by atoms with Crippen LogP contribution in [-0.4, -0.2) is 69.8 Å². The fourth-order valence-electron chi connectivity index (χ4n) is 3.49. The van der Waals surface area contributed by atoms with E-state index >= 15 is 0 Å². The molecule has 0 aromatic carbocycles. The number of aromatic nitrogens is 3. The van der Waals surface area contributed by atoms with Crippen LogP contribution in [0.2, 0.25) is 0 Å². The van der Waals surface area contributed by atoms with Crippen molar-refractivity contribution in [1.29, 1.82) is 0 Å². The van der Waals surface area contributed by atoms with Gasteiger partial charge in [0, 0.05) is 46.5 Å². The molecule has 1 atom stereocenters. The van der Waals surface area contributed by atoms with Gasteiger partial charge < -0.3 is 24.8 Å². The van der Waals surface area contributed by atoms with E-state index in [2.05, 4.69) is 15.3 Å². The lowest BCUT2D eigenvalue weighted by molar-refractivity contribution is -0.000373. The largest absolute Gasteiger partial charge is 0.386 e. The van der Waals surface area contributed by atoms with Gasteiger partial charge in [-0.15, -0.1) is 0 Å². The number of nitrogens with one attached hydrogen (secondary N) is 1. The molecular weight excluding hydrogens is 332 g/mol. The molecule has 1 aliphatic heterocycles. The highest BCUT2D eigenvalue weighted by Crippen LogP contribution is 2.26. The SMILES string of the molecule is CNc1cc(N2CCC[C@@](O)(CN(C)C(=O)c3cccn3C)C2)ncn1. The Balaban J connectivity index is 1.70. The van der Waals surface area contributed by atoms with E-state index in [1.54, 1.807) is 22.6 Å². The van der Waals surface area contributed by atoms with E-state index in [0.717, 1.165) is 24.6 Å². The van der Waals surface area contributed by atoms with Crippen LogP contribution in [-0.2, 0) is 7.05 Å². The molecule has 26 heavy (non-hydrogen) atoms. The number of likely N-dealkylation sites (N-methyl/N-ethyl adjacent to an activating group) is 1. The van der Waals surface area contributed by atoms with Gasteiger partial charge in [0.05, 0.1) is 12.1 Å². The third-order valence-corrected chi connectivity index (χ3v) is 4.83. The minimum Gasteiger partial charge on any atom is -0.386 e. The number of rotatable bonds is 5. The summed E-state index contributed by atoms with van der Waals surface area (Å²) >= 11 is 0. The van der Waals surface area contributed by atoms with Crippen LogP contribution in [0, 0.1) is 0 Å². The molecule has 2 aromatic heterocycles. The van der Waals surface area contributed by atoms with Gasteiger partial charge in [0.2, 0.25) is 0 Å². The Kier molecular flexibility index (Phi) is 5.13. The fraction of sp³-hybridized carbons (Fsp3) is 0.500. The molecule has 0 spiro atoms. The maximum Gasteiger partial charge on any atom is 0.270 e. The van der Waals surface area contributed by atoms with E-state index in [0.29, 0.717) is 18.7 Å². The summed E-state index contributed by atoms with van der Waals surface area (Å²) in [7, 11) is 5.38. The van der Waals surface area contributed by atoms with Gasteiger partial charge in [0.25, 0.3) is 5.91 Å². The zero-order valence-corrected chi connectivity index (χ0v) is 15.5. The quantitative estimate of drug-likeness (QED) is 0.828. The summed E-state index contributed by atoms with van der Waals surface area (Å²) in [6, 6.07) is 5.49. The van der Waals surface area contributed by atoms with Gasteiger partial charge in [-0.1, -0.05) is 0 Å².